The lowest BCUT2D eigenvalue weighted by molar-refractivity contribution is -0.157. The van der Waals surface area contributed by atoms with Gasteiger partial charge in [0.2, 0.25) is 11.8 Å². The second-order valence-corrected chi connectivity index (χ2v) is 14.0. The Balaban J connectivity index is 1.71. The molecule has 3 heterocycles. The molecule has 0 aromatic heterocycles. The van der Waals surface area contributed by atoms with Gasteiger partial charge in [-0.3, -0.25) is 14.4 Å². The van der Waals surface area contributed by atoms with E-state index in [1.165, 1.54) is 24.0 Å². The average Bonchev–Trinajstić information content (AvgIpc) is 3.76. The maximum absolute atomic E-state index is 14.0. The van der Waals surface area contributed by atoms with Gasteiger partial charge in [0.15, 0.2) is 7.12 Å². The maximum atomic E-state index is 14.0. The lowest BCUT2D eigenvalue weighted by Crippen LogP contribution is -2.53. The zero-order valence-corrected chi connectivity index (χ0v) is 30.6. The largest absolute Gasteiger partial charge is 0.495 e. The number of alkyl carbamates (subject to hydrolysis) is 1. The number of halogens is 1. The standard InChI is InChI=1S/C34H45BClN3O9S/c1-19-9-8-10-24(44-6)22-16-25(46-33(43)37-22)20(2)32-34(3,48-32)27(47-30(42)18-38(4)28(40)11-12-49-35)17-29(41)39(5)23-14-21(13-19)15-26(45-7)31(23)36/h8-10,14-15,20,22,24-25,27,32H,11-13,16-18H2,1-7H3,(H,37,43)/b10-8+,19-9+/t20-,22?,24-,25+,27+,32+,34+/m1/s1. The average molecular weight is 718 g/mol. The molecule has 0 saturated carbocycles. The zero-order chi connectivity index (χ0) is 36.0. The van der Waals surface area contributed by atoms with Gasteiger partial charge in [0.05, 0.1) is 37.5 Å². The quantitative estimate of drug-likeness (QED) is 0.239. The lowest BCUT2D eigenvalue weighted by atomic mass is 9.85. The van der Waals surface area contributed by atoms with Crippen molar-refractivity contribution in [1.82, 2.24) is 10.2 Å². The lowest BCUT2D eigenvalue weighted by Gasteiger charge is -2.36. The molecule has 1 aromatic carbocycles. The van der Waals surface area contributed by atoms with E-state index in [-0.39, 0.29) is 42.3 Å². The highest BCUT2D eigenvalue weighted by molar-refractivity contribution is 8.19. The number of methoxy groups -OCH3 is 2. The van der Waals surface area contributed by atoms with Crippen molar-refractivity contribution >= 4 is 59.9 Å². The van der Waals surface area contributed by atoms with Gasteiger partial charge in [-0.05, 0) is 43.7 Å². The van der Waals surface area contributed by atoms with E-state index in [4.69, 9.17) is 42.4 Å². The van der Waals surface area contributed by atoms with Crippen molar-refractivity contribution in [2.24, 2.45) is 5.92 Å². The Labute approximate surface area is 298 Å². The van der Waals surface area contributed by atoms with E-state index < -0.39 is 48.0 Å². The van der Waals surface area contributed by atoms with Crippen molar-refractivity contribution < 1.29 is 42.9 Å². The van der Waals surface area contributed by atoms with E-state index in [0.717, 1.165) is 22.7 Å². The molecule has 2 saturated heterocycles. The number of carbonyl (C=O) groups excluding carboxylic acids is 4. The topological polar surface area (TPSA) is 136 Å². The molecule has 1 N–H and O–H groups in total. The summed E-state index contributed by atoms with van der Waals surface area (Å²) in [5.41, 5.74) is 1.19. The van der Waals surface area contributed by atoms with Gasteiger partial charge in [-0.1, -0.05) is 42.3 Å². The Morgan fingerprint density at radius 2 is 2.00 bits per heavy atom. The van der Waals surface area contributed by atoms with Crippen LogP contribution in [0.2, 0.25) is 5.02 Å². The number of carbonyl (C=O) groups is 4. The first-order valence-corrected chi connectivity index (χ1v) is 17.5. The normalized spacial score (nSPS) is 30.5. The van der Waals surface area contributed by atoms with E-state index in [0.29, 0.717) is 30.0 Å². The molecule has 3 aliphatic rings. The first-order chi connectivity index (χ1) is 23.2. The Morgan fingerprint density at radius 3 is 2.67 bits per heavy atom. The third-order valence-corrected chi connectivity index (χ3v) is 10.2. The van der Waals surface area contributed by atoms with Crippen LogP contribution in [0.25, 0.3) is 0 Å². The molecule has 4 bridgehead atoms. The molecule has 7 atom stereocenters. The maximum Gasteiger partial charge on any atom is 0.407 e. The van der Waals surface area contributed by atoms with Gasteiger partial charge in [0, 0.05) is 40.0 Å². The minimum absolute atomic E-state index is 0.159. The van der Waals surface area contributed by atoms with Crippen LogP contribution in [0.1, 0.15) is 45.6 Å². The number of allylic oxidation sites excluding steroid dienone is 3. The molecule has 2 radical (unpaired) electrons. The number of esters is 1. The van der Waals surface area contributed by atoms with Crippen molar-refractivity contribution in [3.8, 4) is 5.75 Å². The van der Waals surface area contributed by atoms with E-state index in [1.807, 2.05) is 44.2 Å². The van der Waals surface area contributed by atoms with Crippen LogP contribution in [0.15, 0.2) is 35.9 Å². The third-order valence-electron chi connectivity index (χ3n) is 9.37. The number of nitrogens with zero attached hydrogens (tertiary/aromatic N) is 2. The second kappa shape index (κ2) is 16.7. The Hall–Kier alpha value is -3.20. The highest BCUT2D eigenvalue weighted by atomic mass is 35.5. The molecule has 0 spiro atoms. The molecule has 1 unspecified atom stereocenters. The van der Waals surface area contributed by atoms with Crippen molar-refractivity contribution in [2.75, 3.05) is 45.5 Å². The van der Waals surface area contributed by atoms with E-state index >= 15 is 0 Å². The van der Waals surface area contributed by atoms with Gasteiger partial charge in [0.25, 0.3) is 0 Å². The van der Waals surface area contributed by atoms with Crippen molar-refractivity contribution in [3.63, 3.8) is 0 Å². The molecule has 3 aliphatic heterocycles. The molecule has 15 heteroatoms. The summed E-state index contributed by atoms with van der Waals surface area (Å²) in [5, 5.41) is 3.12. The molecule has 266 valence electrons. The molecule has 4 rings (SSSR count). The van der Waals surface area contributed by atoms with Crippen LogP contribution in [0, 0.1) is 5.92 Å². The van der Waals surface area contributed by atoms with E-state index in [2.05, 4.69) is 5.32 Å². The third kappa shape index (κ3) is 9.33. The summed E-state index contributed by atoms with van der Waals surface area (Å²) in [5.74, 6) is -0.902. The van der Waals surface area contributed by atoms with Crippen LogP contribution in [0.5, 0.6) is 5.75 Å². The number of amides is 3. The van der Waals surface area contributed by atoms with Gasteiger partial charge in [-0.25, -0.2) is 16.4 Å². The number of hydrogen-bond donors (Lipinski definition) is 1. The van der Waals surface area contributed by atoms with Crippen LogP contribution in [0.4, 0.5) is 10.5 Å². The van der Waals surface area contributed by atoms with Crippen LogP contribution < -0.4 is 15.0 Å². The summed E-state index contributed by atoms with van der Waals surface area (Å²) >= 11 is 7.77. The Bertz CT molecular complexity index is 1480. The first-order valence-electron chi connectivity index (χ1n) is 16.1. The molecule has 12 nitrogen and oxygen atoms in total. The minimum atomic E-state index is -1.11. The van der Waals surface area contributed by atoms with Gasteiger partial charge in [-0.2, -0.15) is 0 Å². The van der Waals surface area contributed by atoms with Gasteiger partial charge in [-0.15, -0.1) is 0 Å². The van der Waals surface area contributed by atoms with Crippen LogP contribution in [0.3, 0.4) is 0 Å². The monoisotopic (exact) mass is 717 g/mol. The van der Waals surface area contributed by atoms with Gasteiger partial charge < -0.3 is 38.8 Å². The highest BCUT2D eigenvalue weighted by Gasteiger charge is 2.63. The summed E-state index contributed by atoms with van der Waals surface area (Å²) in [7, 11) is 11.6. The number of hydrogen-bond acceptors (Lipinski definition) is 10. The minimum Gasteiger partial charge on any atom is -0.495 e. The molecule has 0 aliphatic carbocycles. The van der Waals surface area contributed by atoms with Gasteiger partial charge >= 0.3 is 12.1 Å². The molecule has 1 aromatic rings. The highest BCUT2D eigenvalue weighted by Crippen LogP contribution is 2.48. The number of likely N-dealkylation sites (N-methyl/N-ethyl adjacent to an activating group) is 1. The molecule has 2 fully saturated rings. The van der Waals surface area contributed by atoms with Crippen LogP contribution >= 0.6 is 23.2 Å². The summed E-state index contributed by atoms with van der Waals surface area (Å²) in [4.78, 5) is 55.1. The number of epoxide rings is 1. The van der Waals surface area contributed by atoms with Crippen LogP contribution in [-0.2, 0) is 39.8 Å². The predicted molar refractivity (Wildman–Crippen MR) is 188 cm³/mol. The van der Waals surface area contributed by atoms with Crippen molar-refractivity contribution in [3.05, 3.63) is 46.5 Å². The Kier molecular flexibility index (Phi) is 13.1. The number of fused-ring (bicyclic) bond motifs is 5. The summed E-state index contributed by atoms with van der Waals surface area (Å²) in [6.07, 6.45) is 3.46. The molecule has 49 heavy (non-hydrogen) atoms. The van der Waals surface area contributed by atoms with E-state index in [1.54, 1.807) is 21.1 Å². The van der Waals surface area contributed by atoms with Gasteiger partial charge in [0.1, 0.15) is 35.1 Å². The fraction of sp³-hybridized carbons (Fsp3) is 0.588. The zero-order valence-electron chi connectivity index (χ0n) is 29.0. The van der Waals surface area contributed by atoms with E-state index in [9.17, 15) is 19.2 Å². The fourth-order valence-corrected chi connectivity index (χ4v) is 6.97. The SMILES string of the molecule is [B]SCCC(=O)N(C)CC(=O)O[C@H]1CC(=O)N(C)c2cc(cc(OC)c2Cl)C/C(C)=C/C=C/[C@@H](OC)C2C[C@H](OC(=O)N2)[C@@H](C)[C@@H]2O[C@@]12C. The predicted octanol–water partition coefficient (Wildman–Crippen LogP) is 4.01. The summed E-state index contributed by atoms with van der Waals surface area (Å²) < 4.78 is 29.2. The molecular formula is C34H45BClN3O9S. The van der Waals surface area contributed by atoms with Crippen molar-refractivity contribution in [2.45, 2.75) is 82.5 Å². The van der Waals surface area contributed by atoms with Crippen molar-refractivity contribution in [1.29, 1.82) is 0 Å². The number of nitrogens with one attached hydrogen (secondary N) is 1. The van der Waals surface area contributed by atoms with Crippen LogP contribution in [-0.4, -0.2) is 113 Å². The molecular weight excluding hydrogens is 673 g/mol. The number of rotatable bonds is 8. The number of ether oxygens (including phenoxy) is 5. The fourth-order valence-electron chi connectivity index (χ4n) is 6.37. The second-order valence-electron chi connectivity index (χ2n) is 12.9. The first kappa shape index (κ1) is 38.6. The molecule has 3 amide bonds. The summed E-state index contributed by atoms with van der Waals surface area (Å²) in [6.45, 7) is 5.31. The smallest absolute Gasteiger partial charge is 0.407 e. The number of benzene rings is 1. The summed E-state index contributed by atoms with van der Waals surface area (Å²) in [6, 6.07) is 3.27. The number of anilines is 1. The Morgan fingerprint density at radius 1 is 1.27 bits per heavy atom.